The topological polar surface area (TPSA) is 49.4 Å². The SMILES string of the molecule is CC1(c2ccccc2)CC(=O)NN(C2CCCC2)C1=O. The number of rotatable bonds is 2. The summed E-state index contributed by atoms with van der Waals surface area (Å²) in [4.78, 5) is 25.0. The molecule has 1 aromatic rings. The van der Waals surface area contributed by atoms with Crippen LogP contribution >= 0.6 is 0 Å². The van der Waals surface area contributed by atoms with E-state index in [1.807, 2.05) is 37.3 Å². The maximum absolute atomic E-state index is 12.9. The van der Waals surface area contributed by atoms with Crippen molar-refractivity contribution in [1.82, 2.24) is 10.4 Å². The Kier molecular flexibility index (Phi) is 3.24. The van der Waals surface area contributed by atoms with Gasteiger partial charge < -0.3 is 0 Å². The number of hydrogen-bond donors (Lipinski definition) is 1. The van der Waals surface area contributed by atoms with Crippen molar-refractivity contribution < 1.29 is 9.59 Å². The van der Waals surface area contributed by atoms with Crippen LogP contribution in [0.1, 0.15) is 44.6 Å². The van der Waals surface area contributed by atoms with Crippen LogP contribution in [0.15, 0.2) is 30.3 Å². The normalized spacial score (nSPS) is 27.8. The first-order valence-corrected chi connectivity index (χ1v) is 7.30. The number of benzene rings is 1. The van der Waals surface area contributed by atoms with E-state index in [2.05, 4.69) is 5.43 Å². The first kappa shape index (κ1) is 13.2. The van der Waals surface area contributed by atoms with E-state index in [4.69, 9.17) is 0 Å². The molecule has 1 heterocycles. The molecule has 2 fully saturated rings. The third kappa shape index (κ3) is 2.09. The summed E-state index contributed by atoms with van der Waals surface area (Å²) >= 11 is 0. The highest BCUT2D eigenvalue weighted by Gasteiger charge is 2.47. The van der Waals surface area contributed by atoms with Gasteiger partial charge in [0.1, 0.15) is 0 Å². The highest BCUT2D eigenvalue weighted by Crippen LogP contribution is 2.35. The summed E-state index contributed by atoms with van der Waals surface area (Å²) in [5, 5.41) is 1.60. The fraction of sp³-hybridized carbons (Fsp3) is 0.500. The second kappa shape index (κ2) is 4.93. The molecule has 1 aromatic carbocycles. The van der Waals surface area contributed by atoms with Gasteiger partial charge in [0.25, 0.3) is 5.91 Å². The highest BCUT2D eigenvalue weighted by molar-refractivity contribution is 5.97. The second-order valence-corrected chi connectivity index (χ2v) is 6.02. The van der Waals surface area contributed by atoms with E-state index in [1.165, 1.54) is 0 Å². The molecular formula is C16H20N2O2. The number of carbonyl (C=O) groups is 2. The van der Waals surface area contributed by atoms with Gasteiger partial charge in [-0.05, 0) is 25.3 Å². The van der Waals surface area contributed by atoms with E-state index >= 15 is 0 Å². The zero-order valence-electron chi connectivity index (χ0n) is 11.8. The first-order chi connectivity index (χ1) is 9.61. The number of nitrogens with zero attached hydrogens (tertiary/aromatic N) is 1. The van der Waals surface area contributed by atoms with Crippen LogP contribution in [0.4, 0.5) is 0 Å². The van der Waals surface area contributed by atoms with Crippen molar-refractivity contribution in [3.05, 3.63) is 35.9 Å². The van der Waals surface area contributed by atoms with Crippen LogP contribution in [0.25, 0.3) is 0 Å². The Morgan fingerprint density at radius 3 is 2.45 bits per heavy atom. The van der Waals surface area contributed by atoms with Crippen molar-refractivity contribution >= 4 is 11.8 Å². The molecule has 0 aromatic heterocycles. The molecule has 1 unspecified atom stereocenters. The van der Waals surface area contributed by atoms with Gasteiger partial charge in [-0.15, -0.1) is 0 Å². The minimum atomic E-state index is -0.744. The van der Waals surface area contributed by atoms with E-state index in [0.29, 0.717) is 0 Å². The van der Waals surface area contributed by atoms with E-state index in [0.717, 1.165) is 31.2 Å². The van der Waals surface area contributed by atoms with Crippen LogP contribution < -0.4 is 5.43 Å². The van der Waals surface area contributed by atoms with Gasteiger partial charge in [0.05, 0.1) is 11.5 Å². The van der Waals surface area contributed by atoms with Crippen molar-refractivity contribution in [2.75, 3.05) is 0 Å². The van der Waals surface area contributed by atoms with Crippen LogP contribution in [-0.4, -0.2) is 22.9 Å². The lowest BCUT2D eigenvalue weighted by molar-refractivity contribution is -0.156. The van der Waals surface area contributed by atoms with E-state index in [9.17, 15) is 9.59 Å². The number of hydrazine groups is 1. The van der Waals surface area contributed by atoms with Crippen molar-refractivity contribution in [1.29, 1.82) is 0 Å². The minimum Gasteiger partial charge on any atom is -0.273 e. The quantitative estimate of drug-likeness (QED) is 0.897. The van der Waals surface area contributed by atoms with Crippen LogP contribution in [0.3, 0.4) is 0 Å². The summed E-state index contributed by atoms with van der Waals surface area (Å²) in [6, 6.07) is 9.79. The van der Waals surface area contributed by atoms with Crippen LogP contribution in [0, 0.1) is 0 Å². The lowest BCUT2D eigenvalue weighted by atomic mass is 9.77. The molecule has 0 bridgehead atoms. The molecule has 2 aliphatic rings. The molecule has 4 heteroatoms. The Labute approximate surface area is 119 Å². The van der Waals surface area contributed by atoms with Crippen molar-refractivity contribution in [3.63, 3.8) is 0 Å². The molecule has 0 radical (unpaired) electrons. The van der Waals surface area contributed by atoms with Crippen LogP contribution in [0.2, 0.25) is 0 Å². The highest BCUT2D eigenvalue weighted by atomic mass is 16.2. The number of nitrogens with one attached hydrogen (secondary N) is 1. The molecule has 1 saturated heterocycles. The smallest absolute Gasteiger partial charge is 0.252 e. The standard InChI is InChI=1S/C16H20N2O2/c1-16(12-7-3-2-4-8-12)11-14(19)17-18(15(16)20)13-9-5-6-10-13/h2-4,7-8,13H,5-6,9-11H2,1H3,(H,17,19). The van der Waals surface area contributed by atoms with Gasteiger partial charge in [-0.1, -0.05) is 43.2 Å². The molecule has 20 heavy (non-hydrogen) atoms. The molecule has 1 N–H and O–H groups in total. The van der Waals surface area contributed by atoms with Gasteiger partial charge >= 0.3 is 0 Å². The van der Waals surface area contributed by atoms with Crippen LogP contribution in [-0.2, 0) is 15.0 Å². The fourth-order valence-corrected chi connectivity index (χ4v) is 3.34. The predicted molar refractivity (Wildman–Crippen MR) is 75.7 cm³/mol. The molecule has 1 aliphatic heterocycles. The van der Waals surface area contributed by atoms with E-state index in [-0.39, 0.29) is 24.3 Å². The van der Waals surface area contributed by atoms with Crippen molar-refractivity contribution in [2.24, 2.45) is 0 Å². The summed E-state index contributed by atoms with van der Waals surface area (Å²) in [5.41, 5.74) is 2.95. The second-order valence-electron chi connectivity index (χ2n) is 6.02. The van der Waals surface area contributed by atoms with Gasteiger partial charge in [0, 0.05) is 6.42 Å². The van der Waals surface area contributed by atoms with Gasteiger partial charge in [-0.25, -0.2) is 0 Å². The minimum absolute atomic E-state index is 0.0233. The third-order valence-electron chi connectivity index (χ3n) is 4.55. The molecular weight excluding hydrogens is 252 g/mol. The van der Waals surface area contributed by atoms with Crippen LogP contribution in [0.5, 0.6) is 0 Å². The summed E-state index contributed by atoms with van der Waals surface area (Å²) in [5.74, 6) is -0.0435. The largest absolute Gasteiger partial charge is 0.273 e. The maximum Gasteiger partial charge on any atom is 0.252 e. The average molecular weight is 272 g/mol. The predicted octanol–water partition coefficient (Wildman–Crippen LogP) is 2.15. The van der Waals surface area contributed by atoms with Crippen molar-refractivity contribution in [2.45, 2.75) is 50.5 Å². The molecule has 1 saturated carbocycles. The summed E-state index contributed by atoms with van der Waals surface area (Å²) in [6.45, 7) is 1.88. The Hall–Kier alpha value is -1.84. The zero-order chi connectivity index (χ0) is 14.2. The molecule has 0 spiro atoms. The molecule has 2 amide bonds. The summed E-state index contributed by atoms with van der Waals surface area (Å²) in [6.07, 6.45) is 4.45. The Morgan fingerprint density at radius 2 is 1.80 bits per heavy atom. The fourth-order valence-electron chi connectivity index (χ4n) is 3.34. The number of carbonyl (C=O) groups excluding carboxylic acids is 2. The molecule has 3 rings (SSSR count). The van der Waals surface area contributed by atoms with E-state index in [1.54, 1.807) is 5.01 Å². The number of hydrogen-bond acceptors (Lipinski definition) is 2. The van der Waals surface area contributed by atoms with Gasteiger partial charge in [0.15, 0.2) is 0 Å². The Balaban J connectivity index is 1.94. The van der Waals surface area contributed by atoms with Gasteiger partial charge in [0.2, 0.25) is 5.91 Å². The number of amides is 2. The molecule has 4 nitrogen and oxygen atoms in total. The third-order valence-corrected chi connectivity index (χ3v) is 4.55. The van der Waals surface area contributed by atoms with Gasteiger partial charge in [-0.2, -0.15) is 0 Å². The van der Waals surface area contributed by atoms with E-state index < -0.39 is 5.41 Å². The monoisotopic (exact) mass is 272 g/mol. The molecule has 1 aliphatic carbocycles. The molecule has 1 atom stereocenters. The van der Waals surface area contributed by atoms with Crippen molar-refractivity contribution in [3.8, 4) is 0 Å². The first-order valence-electron chi connectivity index (χ1n) is 7.30. The summed E-state index contributed by atoms with van der Waals surface area (Å²) in [7, 11) is 0. The Morgan fingerprint density at radius 1 is 1.15 bits per heavy atom. The molecule has 106 valence electrons. The lowest BCUT2D eigenvalue weighted by Crippen LogP contribution is -2.62. The lowest BCUT2D eigenvalue weighted by Gasteiger charge is -2.42. The zero-order valence-corrected chi connectivity index (χ0v) is 11.8. The summed E-state index contributed by atoms with van der Waals surface area (Å²) < 4.78 is 0. The average Bonchev–Trinajstić information content (AvgIpc) is 2.98. The maximum atomic E-state index is 12.9. The Bertz CT molecular complexity index is 523. The van der Waals surface area contributed by atoms with Gasteiger partial charge in [-0.3, -0.25) is 20.0 Å².